The molecular formula is C28H51O7P. The van der Waals surface area contributed by atoms with E-state index in [-0.39, 0.29) is 11.9 Å². The molecule has 210 valence electrons. The number of hydrogen-bond acceptors (Lipinski definition) is 7. The number of hydrogen-bond donors (Lipinski definition) is 0. The molecule has 0 heterocycles. The van der Waals surface area contributed by atoms with Gasteiger partial charge in [0.05, 0.1) is 32.6 Å². The average molecular weight is 531 g/mol. The zero-order chi connectivity index (χ0) is 27.1. The predicted molar refractivity (Wildman–Crippen MR) is 146 cm³/mol. The first-order valence-corrected chi connectivity index (χ1v) is 15.5. The van der Waals surface area contributed by atoms with Gasteiger partial charge in [-0.2, -0.15) is 0 Å². The highest BCUT2D eigenvalue weighted by Gasteiger charge is 2.23. The predicted octanol–water partition coefficient (Wildman–Crippen LogP) is 7.93. The minimum absolute atomic E-state index is 0.322. The maximum atomic E-state index is 13.1. The van der Waals surface area contributed by atoms with Gasteiger partial charge in [0, 0.05) is 11.1 Å². The molecule has 0 amide bonds. The van der Waals surface area contributed by atoms with Gasteiger partial charge in [0.15, 0.2) is 0 Å². The summed E-state index contributed by atoms with van der Waals surface area (Å²) in [7, 11) is -3.02. The van der Waals surface area contributed by atoms with Gasteiger partial charge >= 0.3 is 19.5 Å². The number of carbonyl (C=O) groups is 2. The van der Waals surface area contributed by atoms with Crippen LogP contribution >= 0.6 is 7.60 Å². The smallest absolute Gasteiger partial charge is 0.333 e. The first-order valence-electron chi connectivity index (χ1n) is 13.7. The van der Waals surface area contributed by atoms with Crippen molar-refractivity contribution in [3.63, 3.8) is 0 Å². The second-order valence-electron chi connectivity index (χ2n) is 9.43. The molecule has 0 N–H and O–H groups in total. The molecular weight excluding hydrogens is 479 g/mol. The van der Waals surface area contributed by atoms with Gasteiger partial charge in [-0.05, 0) is 46.0 Å². The number of unbranched alkanes of at least 4 members (excludes halogenated alkanes) is 11. The third kappa shape index (κ3) is 20.7. The molecule has 0 fully saturated rings. The summed E-state index contributed by atoms with van der Waals surface area (Å²) < 4.78 is 34.7. The van der Waals surface area contributed by atoms with Crippen LogP contribution in [0.1, 0.15) is 111 Å². The topological polar surface area (TPSA) is 88.1 Å². The van der Waals surface area contributed by atoms with Crippen LogP contribution in [0.3, 0.4) is 0 Å². The second-order valence-corrected chi connectivity index (χ2v) is 11.6. The molecule has 0 rings (SSSR count). The highest BCUT2D eigenvalue weighted by molar-refractivity contribution is 7.53. The Morgan fingerprint density at radius 1 is 0.583 bits per heavy atom. The van der Waals surface area contributed by atoms with Gasteiger partial charge in [0.2, 0.25) is 0 Å². The third-order valence-corrected chi connectivity index (χ3v) is 7.62. The Bertz CT molecular complexity index is 625. The Morgan fingerprint density at radius 2 is 0.917 bits per heavy atom. The summed E-state index contributed by atoms with van der Waals surface area (Å²) in [6.45, 7) is 14.3. The summed E-state index contributed by atoms with van der Waals surface area (Å²) in [6, 6.07) is 0. The minimum atomic E-state index is -3.02. The first-order chi connectivity index (χ1) is 17.2. The van der Waals surface area contributed by atoms with Crippen molar-refractivity contribution in [1.29, 1.82) is 0 Å². The summed E-state index contributed by atoms with van der Waals surface area (Å²) in [5, 5.41) is 0. The van der Waals surface area contributed by atoms with Crippen LogP contribution in [0.25, 0.3) is 0 Å². The molecule has 0 spiro atoms. The quantitative estimate of drug-likeness (QED) is 0.0512. The van der Waals surface area contributed by atoms with Crippen LogP contribution in [0.5, 0.6) is 0 Å². The molecule has 0 radical (unpaired) electrons. The standard InChI is InChI=1S/C28H51O7P/c1-6-7-24-36(31,34-22-18-14-10-8-12-16-20-32-27(29)25(2)3)35-23-19-15-11-9-13-17-21-33-28(30)26(4)5/h2,4,6-24H2,1,3,5H3. The lowest BCUT2D eigenvalue weighted by molar-refractivity contribution is -0.139. The van der Waals surface area contributed by atoms with Crippen LogP contribution in [0.2, 0.25) is 0 Å². The van der Waals surface area contributed by atoms with E-state index >= 15 is 0 Å². The minimum Gasteiger partial charge on any atom is -0.462 e. The summed E-state index contributed by atoms with van der Waals surface area (Å²) in [6.07, 6.45) is 14.1. The van der Waals surface area contributed by atoms with E-state index in [0.29, 0.717) is 43.7 Å². The second kappa shape index (κ2) is 22.7. The first kappa shape index (κ1) is 34.6. The van der Waals surface area contributed by atoms with Gasteiger partial charge in [-0.25, -0.2) is 9.59 Å². The average Bonchev–Trinajstić information content (AvgIpc) is 2.84. The fourth-order valence-corrected chi connectivity index (χ4v) is 5.17. The number of rotatable bonds is 25. The van der Waals surface area contributed by atoms with Crippen molar-refractivity contribution in [2.75, 3.05) is 32.6 Å². The fourth-order valence-electron chi connectivity index (χ4n) is 3.32. The van der Waals surface area contributed by atoms with Crippen LogP contribution in [-0.4, -0.2) is 44.5 Å². The Morgan fingerprint density at radius 3 is 1.25 bits per heavy atom. The number of esters is 2. The molecule has 0 aromatic rings. The summed E-state index contributed by atoms with van der Waals surface area (Å²) >= 11 is 0. The molecule has 0 aromatic heterocycles. The van der Waals surface area contributed by atoms with Crippen LogP contribution in [0.4, 0.5) is 0 Å². The lowest BCUT2D eigenvalue weighted by Crippen LogP contribution is -2.06. The Hall–Kier alpha value is -1.43. The maximum absolute atomic E-state index is 13.1. The van der Waals surface area contributed by atoms with E-state index in [2.05, 4.69) is 20.1 Å². The van der Waals surface area contributed by atoms with E-state index < -0.39 is 7.60 Å². The molecule has 0 aliphatic carbocycles. The lowest BCUT2D eigenvalue weighted by Gasteiger charge is -2.18. The van der Waals surface area contributed by atoms with E-state index in [1.807, 2.05) is 0 Å². The Kier molecular flexibility index (Phi) is 21.8. The Labute approximate surface area is 219 Å². The van der Waals surface area contributed by atoms with Gasteiger partial charge in [0.25, 0.3) is 0 Å². The van der Waals surface area contributed by atoms with Gasteiger partial charge in [-0.15, -0.1) is 0 Å². The molecule has 36 heavy (non-hydrogen) atoms. The van der Waals surface area contributed by atoms with Crippen LogP contribution < -0.4 is 0 Å². The van der Waals surface area contributed by atoms with Crippen LogP contribution in [-0.2, 0) is 32.7 Å². The van der Waals surface area contributed by atoms with Crippen molar-refractivity contribution in [3.8, 4) is 0 Å². The monoisotopic (exact) mass is 530 g/mol. The molecule has 0 unspecified atom stereocenters. The lowest BCUT2D eigenvalue weighted by atomic mass is 10.1. The van der Waals surface area contributed by atoms with Crippen LogP contribution in [0, 0.1) is 0 Å². The van der Waals surface area contributed by atoms with E-state index in [0.717, 1.165) is 89.9 Å². The normalized spacial score (nSPS) is 11.3. The van der Waals surface area contributed by atoms with E-state index in [1.54, 1.807) is 13.8 Å². The van der Waals surface area contributed by atoms with Crippen molar-refractivity contribution >= 4 is 19.5 Å². The molecule has 0 saturated heterocycles. The van der Waals surface area contributed by atoms with Gasteiger partial charge in [0.1, 0.15) is 0 Å². The van der Waals surface area contributed by atoms with E-state index in [4.69, 9.17) is 18.5 Å². The summed E-state index contributed by atoms with van der Waals surface area (Å²) in [4.78, 5) is 22.6. The van der Waals surface area contributed by atoms with Crippen LogP contribution in [0.15, 0.2) is 24.3 Å². The molecule has 7 nitrogen and oxygen atoms in total. The van der Waals surface area contributed by atoms with Gasteiger partial charge in [-0.3, -0.25) is 4.57 Å². The SMILES string of the molecule is C=C(C)C(=O)OCCCCCCCCOP(=O)(CCCC)OCCCCCCCCOC(=O)C(=C)C. The molecule has 0 aromatic carbocycles. The highest BCUT2D eigenvalue weighted by atomic mass is 31.2. The van der Waals surface area contributed by atoms with Gasteiger partial charge < -0.3 is 18.5 Å². The van der Waals surface area contributed by atoms with Crippen molar-refractivity contribution in [2.24, 2.45) is 0 Å². The van der Waals surface area contributed by atoms with E-state index in [9.17, 15) is 14.2 Å². The zero-order valence-electron chi connectivity index (χ0n) is 23.2. The molecule has 0 saturated carbocycles. The van der Waals surface area contributed by atoms with Crippen molar-refractivity contribution < 1.29 is 32.7 Å². The summed E-state index contributed by atoms with van der Waals surface area (Å²) in [5.74, 6) is -0.643. The third-order valence-electron chi connectivity index (χ3n) is 5.60. The van der Waals surface area contributed by atoms with Crippen molar-refractivity contribution in [2.45, 2.75) is 111 Å². The maximum Gasteiger partial charge on any atom is 0.333 e. The Balaban J connectivity index is 3.81. The number of ether oxygens (including phenoxy) is 2. The zero-order valence-corrected chi connectivity index (χ0v) is 24.0. The van der Waals surface area contributed by atoms with E-state index in [1.165, 1.54) is 0 Å². The highest BCUT2D eigenvalue weighted by Crippen LogP contribution is 2.49. The molecule has 0 bridgehead atoms. The summed E-state index contributed by atoms with van der Waals surface area (Å²) in [5.41, 5.74) is 0.866. The fraction of sp³-hybridized carbons (Fsp3) is 0.786. The molecule has 8 heteroatoms. The molecule has 0 aliphatic rings. The van der Waals surface area contributed by atoms with Crippen molar-refractivity contribution in [1.82, 2.24) is 0 Å². The largest absolute Gasteiger partial charge is 0.462 e. The van der Waals surface area contributed by atoms with Crippen molar-refractivity contribution in [3.05, 3.63) is 24.3 Å². The number of carbonyl (C=O) groups excluding carboxylic acids is 2. The van der Waals surface area contributed by atoms with Gasteiger partial charge in [-0.1, -0.05) is 77.9 Å². The molecule has 0 aliphatic heterocycles. The molecule has 0 atom stereocenters.